The minimum atomic E-state index is -0.226. The lowest BCUT2D eigenvalue weighted by atomic mass is 10.0. The fourth-order valence-corrected chi connectivity index (χ4v) is 2.08. The van der Waals surface area contributed by atoms with Crippen molar-refractivity contribution < 1.29 is 4.79 Å². The van der Waals surface area contributed by atoms with Gasteiger partial charge >= 0.3 is 6.03 Å². The molecule has 0 N–H and O–H groups in total. The maximum atomic E-state index is 11.7. The molecular formula is C13H15N3O. The lowest BCUT2D eigenvalue weighted by molar-refractivity contribution is 0.205. The van der Waals surface area contributed by atoms with Crippen molar-refractivity contribution in [3.05, 3.63) is 34.9 Å². The monoisotopic (exact) mass is 229 g/mol. The lowest BCUT2D eigenvalue weighted by Crippen LogP contribution is -2.26. The van der Waals surface area contributed by atoms with E-state index < -0.39 is 0 Å². The third-order valence-electron chi connectivity index (χ3n) is 3.39. The van der Waals surface area contributed by atoms with Gasteiger partial charge in [0.2, 0.25) is 0 Å². The number of nitrogens with zero attached hydrogens (tertiary/aromatic N) is 3. The lowest BCUT2D eigenvalue weighted by Gasteiger charge is -2.18. The Bertz CT molecular complexity index is 504. The number of carbonyl (C=O) groups is 1. The molecule has 88 valence electrons. The molecule has 4 nitrogen and oxygen atoms in total. The van der Waals surface area contributed by atoms with Crippen molar-refractivity contribution in [2.75, 3.05) is 13.6 Å². The molecule has 2 rings (SSSR count). The molecule has 1 aliphatic heterocycles. The number of nitriles is 1. The maximum Gasteiger partial charge on any atom is 0.333 e. The molecule has 2 amide bonds. The average molecular weight is 229 g/mol. The standard InChI is InChI=1S/C13H15N3O/c1-9-4-5-11(6-10(9)2)12-7-16(8-14)13(17)15(12)3/h4-6,12H,7H2,1-3H3. The molecular weight excluding hydrogens is 214 g/mol. The first-order valence-electron chi connectivity index (χ1n) is 5.56. The van der Waals surface area contributed by atoms with E-state index in [0.29, 0.717) is 6.54 Å². The van der Waals surface area contributed by atoms with Crippen molar-refractivity contribution in [1.82, 2.24) is 9.80 Å². The summed E-state index contributed by atoms with van der Waals surface area (Å²) in [5, 5.41) is 8.85. The van der Waals surface area contributed by atoms with E-state index in [1.54, 1.807) is 11.9 Å². The molecule has 1 aromatic carbocycles. The van der Waals surface area contributed by atoms with E-state index in [9.17, 15) is 4.79 Å². The summed E-state index contributed by atoms with van der Waals surface area (Å²) in [5.41, 5.74) is 3.53. The van der Waals surface area contributed by atoms with E-state index in [-0.39, 0.29) is 12.1 Å². The van der Waals surface area contributed by atoms with E-state index >= 15 is 0 Å². The van der Waals surface area contributed by atoms with Crippen molar-refractivity contribution in [1.29, 1.82) is 5.26 Å². The summed E-state index contributed by atoms with van der Waals surface area (Å²) < 4.78 is 0. The zero-order valence-corrected chi connectivity index (χ0v) is 10.3. The van der Waals surface area contributed by atoms with Crippen LogP contribution >= 0.6 is 0 Å². The van der Waals surface area contributed by atoms with Crippen LogP contribution in [0.15, 0.2) is 18.2 Å². The van der Waals surface area contributed by atoms with Crippen LogP contribution in [0, 0.1) is 25.3 Å². The smallest absolute Gasteiger partial charge is 0.318 e. The van der Waals surface area contributed by atoms with Gasteiger partial charge in [0.15, 0.2) is 6.19 Å². The minimum Gasteiger partial charge on any atom is -0.318 e. The Balaban J connectivity index is 2.33. The highest BCUT2D eigenvalue weighted by molar-refractivity contribution is 5.78. The summed E-state index contributed by atoms with van der Waals surface area (Å²) in [5.74, 6) is 0. The van der Waals surface area contributed by atoms with Gasteiger partial charge in [-0.2, -0.15) is 5.26 Å². The topological polar surface area (TPSA) is 47.3 Å². The molecule has 1 atom stereocenters. The van der Waals surface area contributed by atoms with Gasteiger partial charge in [0.05, 0.1) is 12.6 Å². The summed E-state index contributed by atoms with van der Waals surface area (Å²) in [6.45, 7) is 4.55. The number of urea groups is 1. The Hall–Kier alpha value is -2.02. The molecule has 0 radical (unpaired) electrons. The Morgan fingerprint density at radius 3 is 2.59 bits per heavy atom. The second-order valence-electron chi connectivity index (χ2n) is 4.46. The number of likely N-dealkylation sites (N-methyl/N-ethyl adjacent to an activating group) is 1. The number of rotatable bonds is 1. The fourth-order valence-electron chi connectivity index (χ4n) is 2.08. The minimum absolute atomic E-state index is 0.0264. The fraction of sp³-hybridized carbons (Fsp3) is 0.385. The summed E-state index contributed by atoms with van der Waals surface area (Å²) in [6, 6.07) is 5.91. The van der Waals surface area contributed by atoms with Gasteiger partial charge in [0, 0.05) is 7.05 Å². The average Bonchev–Trinajstić information content (AvgIpc) is 2.60. The Kier molecular flexibility index (Phi) is 2.76. The summed E-state index contributed by atoms with van der Waals surface area (Å²) in [4.78, 5) is 14.5. The van der Waals surface area contributed by atoms with Crippen molar-refractivity contribution in [2.45, 2.75) is 19.9 Å². The highest BCUT2D eigenvalue weighted by atomic mass is 16.2. The van der Waals surface area contributed by atoms with Crippen LogP contribution in [0.2, 0.25) is 0 Å². The van der Waals surface area contributed by atoms with Gasteiger partial charge in [-0.05, 0) is 30.5 Å². The van der Waals surface area contributed by atoms with Crippen molar-refractivity contribution >= 4 is 6.03 Å². The molecule has 1 heterocycles. The van der Waals surface area contributed by atoms with Crippen LogP contribution in [0.25, 0.3) is 0 Å². The molecule has 0 saturated carbocycles. The zero-order chi connectivity index (χ0) is 12.6. The van der Waals surface area contributed by atoms with Gasteiger partial charge < -0.3 is 4.90 Å². The zero-order valence-electron chi connectivity index (χ0n) is 10.3. The summed E-state index contributed by atoms with van der Waals surface area (Å²) in [6.07, 6.45) is 1.91. The second kappa shape index (κ2) is 4.10. The van der Waals surface area contributed by atoms with E-state index in [0.717, 1.165) is 5.56 Å². The first kappa shape index (κ1) is 11.5. The van der Waals surface area contributed by atoms with E-state index in [1.807, 2.05) is 12.3 Å². The molecule has 0 spiro atoms. The van der Waals surface area contributed by atoms with Crippen molar-refractivity contribution in [3.63, 3.8) is 0 Å². The molecule has 1 saturated heterocycles. The van der Waals surface area contributed by atoms with Gasteiger partial charge in [-0.3, -0.25) is 0 Å². The van der Waals surface area contributed by atoms with Crippen LogP contribution in [0.5, 0.6) is 0 Å². The molecule has 1 aliphatic rings. The largest absolute Gasteiger partial charge is 0.333 e. The molecule has 1 aromatic rings. The van der Waals surface area contributed by atoms with Crippen LogP contribution in [0.4, 0.5) is 4.79 Å². The van der Waals surface area contributed by atoms with E-state index in [2.05, 4.69) is 26.0 Å². The third-order valence-corrected chi connectivity index (χ3v) is 3.39. The molecule has 17 heavy (non-hydrogen) atoms. The van der Waals surface area contributed by atoms with Gasteiger partial charge in [0.1, 0.15) is 0 Å². The maximum absolute atomic E-state index is 11.7. The van der Waals surface area contributed by atoms with Crippen LogP contribution in [-0.2, 0) is 0 Å². The molecule has 0 aromatic heterocycles. The Morgan fingerprint density at radius 2 is 2.06 bits per heavy atom. The number of amides is 2. The van der Waals surface area contributed by atoms with Gasteiger partial charge in [-0.1, -0.05) is 18.2 Å². The first-order chi connectivity index (χ1) is 8.04. The number of aryl methyl sites for hydroxylation is 2. The number of benzene rings is 1. The normalized spacial score (nSPS) is 19.6. The predicted octanol–water partition coefficient (Wildman–Crippen LogP) is 2.19. The van der Waals surface area contributed by atoms with E-state index in [4.69, 9.17) is 5.26 Å². The quantitative estimate of drug-likeness (QED) is 0.693. The van der Waals surface area contributed by atoms with Crippen LogP contribution in [-0.4, -0.2) is 29.4 Å². The Labute approximate surface area is 101 Å². The number of hydrogen-bond acceptors (Lipinski definition) is 2. The highest BCUT2D eigenvalue weighted by Gasteiger charge is 2.35. The Morgan fingerprint density at radius 1 is 1.35 bits per heavy atom. The molecule has 0 bridgehead atoms. The van der Waals surface area contributed by atoms with Crippen LogP contribution < -0.4 is 0 Å². The SMILES string of the molecule is Cc1ccc(C2CN(C#N)C(=O)N2C)cc1C. The summed E-state index contributed by atoms with van der Waals surface area (Å²) >= 11 is 0. The highest BCUT2D eigenvalue weighted by Crippen LogP contribution is 2.28. The number of hydrogen-bond donors (Lipinski definition) is 0. The number of carbonyl (C=O) groups excluding carboxylic acids is 1. The third kappa shape index (κ3) is 1.84. The molecule has 0 aliphatic carbocycles. The van der Waals surface area contributed by atoms with Crippen molar-refractivity contribution in [2.24, 2.45) is 0 Å². The predicted molar refractivity (Wildman–Crippen MR) is 64.1 cm³/mol. The van der Waals surface area contributed by atoms with Crippen molar-refractivity contribution in [3.8, 4) is 6.19 Å². The molecule has 4 heteroatoms. The van der Waals surface area contributed by atoms with Crippen LogP contribution in [0.3, 0.4) is 0 Å². The van der Waals surface area contributed by atoms with Gasteiger partial charge in [0.25, 0.3) is 0 Å². The van der Waals surface area contributed by atoms with Gasteiger partial charge in [-0.25, -0.2) is 9.69 Å². The second-order valence-corrected chi connectivity index (χ2v) is 4.46. The molecule has 1 fully saturated rings. The van der Waals surface area contributed by atoms with E-state index in [1.165, 1.54) is 16.0 Å². The van der Waals surface area contributed by atoms with Gasteiger partial charge in [-0.15, -0.1) is 0 Å². The first-order valence-corrected chi connectivity index (χ1v) is 5.56. The summed E-state index contributed by atoms with van der Waals surface area (Å²) in [7, 11) is 1.74. The van der Waals surface area contributed by atoms with Crippen LogP contribution in [0.1, 0.15) is 22.7 Å². The molecule has 1 unspecified atom stereocenters.